The van der Waals surface area contributed by atoms with Crippen LogP contribution in [-0.4, -0.2) is 11.9 Å². The Morgan fingerprint density at radius 2 is 2.21 bits per heavy atom. The molecule has 1 amide bonds. The highest BCUT2D eigenvalue weighted by molar-refractivity contribution is 5.95. The minimum Gasteiger partial charge on any atom is -0.324 e. The molecule has 4 nitrogen and oxygen atoms in total. The topological polar surface area (TPSA) is 78.9 Å². The van der Waals surface area contributed by atoms with Crippen LogP contribution in [0.1, 0.15) is 12.5 Å². The lowest BCUT2D eigenvalue weighted by atomic mass is 10.2. The van der Waals surface area contributed by atoms with Gasteiger partial charge >= 0.3 is 0 Å². The van der Waals surface area contributed by atoms with E-state index in [9.17, 15) is 4.79 Å². The van der Waals surface area contributed by atoms with Gasteiger partial charge in [0.2, 0.25) is 5.91 Å². The Labute approximate surface area is 82.3 Å². The van der Waals surface area contributed by atoms with Gasteiger partial charge in [0, 0.05) is 0 Å². The second-order valence-electron chi connectivity index (χ2n) is 2.94. The Morgan fingerprint density at radius 3 is 2.79 bits per heavy atom. The number of carbonyl (C=O) groups is 1. The van der Waals surface area contributed by atoms with Crippen LogP contribution in [0.25, 0.3) is 0 Å². The fourth-order valence-corrected chi connectivity index (χ4v) is 0.936. The van der Waals surface area contributed by atoms with Crippen molar-refractivity contribution in [1.29, 1.82) is 5.26 Å². The first kappa shape index (κ1) is 10.2. The van der Waals surface area contributed by atoms with Crippen LogP contribution in [-0.2, 0) is 4.79 Å². The molecule has 0 saturated heterocycles. The number of nitriles is 1. The Morgan fingerprint density at radius 1 is 1.57 bits per heavy atom. The number of amides is 1. The Hall–Kier alpha value is -1.86. The molecule has 0 unspecified atom stereocenters. The zero-order valence-corrected chi connectivity index (χ0v) is 7.82. The first-order valence-corrected chi connectivity index (χ1v) is 4.20. The van der Waals surface area contributed by atoms with E-state index >= 15 is 0 Å². The fourth-order valence-electron chi connectivity index (χ4n) is 0.936. The highest BCUT2D eigenvalue weighted by atomic mass is 16.2. The Bertz CT molecular complexity index is 379. The number of rotatable bonds is 2. The molecule has 3 N–H and O–H groups in total. The summed E-state index contributed by atoms with van der Waals surface area (Å²) in [6.45, 7) is 1.59. The van der Waals surface area contributed by atoms with E-state index in [1.54, 1.807) is 31.2 Å². The summed E-state index contributed by atoms with van der Waals surface area (Å²) in [6, 6.07) is 8.19. The van der Waals surface area contributed by atoms with Crippen molar-refractivity contribution >= 4 is 11.6 Å². The van der Waals surface area contributed by atoms with Gasteiger partial charge in [-0.2, -0.15) is 5.26 Å². The molecule has 0 fully saturated rings. The van der Waals surface area contributed by atoms with Crippen molar-refractivity contribution in [3.63, 3.8) is 0 Å². The summed E-state index contributed by atoms with van der Waals surface area (Å²) in [4.78, 5) is 11.2. The van der Waals surface area contributed by atoms with Crippen LogP contribution >= 0.6 is 0 Å². The summed E-state index contributed by atoms with van der Waals surface area (Å²) in [6.07, 6.45) is 0. The van der Waals surface area contributed by atoms with Crippen LogP contribution < -0.4 is 11.1 Å². The molecule has 72 valence electrons. The fraction of sp³-hybridized carbons (Fsp3) is 0.200. The van der Waals surface area contributed by atoms with Gasteiger partial charge < -0.3 is 11.1 Å². The minimum atomic E-state index is -0.582. The van der Waals surface area contributed by atoms with Crippen LogP contribution in [0.15, 0.2) is 24.3 Å². The molecule has 0 radical (unpaired) electrons. The third-order valence-corrected chi connectivity index (χ3v) is 1.72. The molecule has 0 aromatic heterocycles. The van der Waals surface area contributed by atoms with E-state index in [1.165, 1.54) is 0 Å². The van der Waals surface area contributed by atoms with Crippen molar-refractivity contribution in [2.75, 3.05) is 5.32 Å². The van der Waals surface area contributed by atoms with Gasteiger partial charge in [0.25, 0.3) is 0 Å². The molecule has 0 bridgehead atoms. The van der Waals surface area contributed by atoms with E-state index in [0.717, 1.165) is 0 Å². The number of para-hydroxylation sites is 1. The average Bonchev–Trinajstić information content (AvgIpc) is 2.18. The van der Waals surface area contributed by atoms with E-state index in [4.69, 9.17) is 11.0 Å². The zero-order valence-electron chi connectivity index (χ0n) is 7.82. The summed E-state index contributed by atoms with van der Waals surface area (Å²) in [5, 5.41) is 11.3. The summed E-state index contributed by atoms with van der Waals surface area (Å²) >= 11 is 0. The smallest absolute Gasteiger partial charge is 0.241 e. The number of carbonyl (C=O) groups excluding carboxylic acids is 1. The number of nitrogens with two attached hydrogens (primary N) is 1. The van der Waals surface area contributed by atoms with Crippen molar-refractivity contribution < 1.29 is 4.79 Å². The lowest BCUT2D eigenvalue weighted by Gasteiger charge is -2.08. The largest absolute Gasteiger partial charge is 0.324 e. The number of nitrogens with zero attached hydrogens (tertiary/aromatic N) is 1. The molecule has 0 spiro atoms. The van der Waals surface area contributed by atoms with Crippen LogP contribution in [0, 0.1) is 11.3 Å². The molecule has 0 aliphatic heterocycles. The van der Waals surface area contributed by atoms with Crippen molar-refractivity contribution in [2.24, 2.45) is 5.73 Å². The molecular formula is C10H11N3O. The van der Waals surface area contributed by atoms with Crippen LogP contribution in [0.4, 0.5) is 5.69 Å². The molecule has 1 aromatic carbocycles. The second kappa shape index (κ2) is 4.40. The first-order chi connectivity index (χ1) is 6.65. The number of hydrogen-bond donors (Lipinski definition) is 2. The highest BCUT2D eigenvalue weighted by Crippen LogP contribution is 2.13. The van der Waals surface area contributed by atoms with E-state index in [0.29, 0.717) is 11.3 Å². The average molecular weight is 189 g/mol. The SMILES string of the molecule is C[C@@H](N)C(=O)Nc1ccccc1C#N. The Kier molecular flexibility index (Phi) is 3.21. The molecule has 0 saturated carbocycles. The monoisotopic (exact) mass is 189 g/mol. The number of anilines is 1. The minimum absolute atomic E-state index is 0.298. The van der Waals surface area contributed by atoms with Crippen LogP contribution in [0.2, 0.25) is 0 Å². The predicted molar refractivity (Wildman–Crippen MR) is 53.4 cm³/mol. The van der Waals surface area contributed by atoms with Crippen molar-refractivity contribution in [3.05, 3.63) is 29.8 Å². The first-order valence-electron chi connectivity index (χ1n) is 4.20. The van der Waals surface area contributed by atoms with Crippen LogP contribution in [0.3, 0.4) is 0 Å². The van der Waals surface area contributed by atoms with E-state index in [-0.39, 0.29) is 5.91 Å². The molecule has 1 rings (SSSR count). The van der Waals surface area contributed by atoms with E-state index in [1.807, 2.05) is 6.07 Å². The zero-order chi connectivity index (χ0) is 10.6. The molecule has 1 atom stereocenters. The highest BCUT2D eigenvalue weighted by Gasteiger charge is 2.09. The number of hydrogen-bond acceptors (Lipinski definition) is 3. The third kappa shape index (κ3) is 2.31. The van der Waals surface area contributed by atoms with Crippen LogP contribution in [0.5, 0.6) is 0 Å². The molecular weight excluding hydrogens is 178 g/mol. The molecule has 1 aromatic rings. The van der Waals surface area contributed by atoms with Gasteiger partial charge in [-0.1, -0.05) is 12.1 Å². The Balaban J connectivity index is 2.87. The number of nitrogens with one attached hydrogen (secondary N) is 1. The van der Waals surface area contributed by atoms with Crippen molar-refractivity contribution in [1.82, 2.24) is 0 Å². The van der Waals surface area contributed by atoms with Crippen molar-refractivity contribution in [3.8, 4) is 6.07 Å². The van der Waals surface area contributed by atoms with Gasteiger partial charge in [0.05, 0.1) is 17.3 Å². The van der Waals surface area contributed by atoms with Gasteiger partial charge in [-0.05, 0) is 19.1 Å². The normalized spacial score (nSPS) is 11.5. The molecule has 14 heavy (non-hydrogen) atoms. The van der Waals surface area contributed by atoms with Gasteiger partial charge in [-0.15, -0.1) is 0 Å². The lowest BCUT2D eigenvalue weighted by molar-refractivity contribution is -0.117. The predicted octanol–water partition coefficient (Wildman–Crippen LogP) is 0.844. The van der Waals surface area contributed by atoms with Gasteiger partial charge in [0.1, 0.15) is 6.07 Å². The molecule has 0 aliphatic rings. The maximum absolute atomic E-state index is 11.2. The standard InChI is InChI=1S/C10H11N3O/c1-7(12)10(14)13-9-5-3-2-4-8(9)6-11/h2-5,7H,12H2,1H3,(H,13,14)/t7-/m1/s1. The van der Waals surface area contributed by atoms with Gasteiger partial charge in [-0.25, -0.2) is 0 Å². The van der Waals surface area contributed by atoms with E-state index < -0.39 is 6.04 Å². The summed E-state index contributed by atoms with van der Waals surface area (Å²) in [7, 11) is 0. The lowest BCUT2D eigenvalue weighted by Crippen LogP contribution is -2.32. The molecule has 0 heterocycles. The molecule has 0 aliphatic carbocycles. The maximum atomic E-state index is 11.2. The summed E-state index contributed by atoms with van der Waals surface area (Å²) in [5.41, 5.74) is 6.31. The number of benzene rings is 1. The maximum Gasteiger partial charge on any atom is 0.241 e. The van der Waals surface area contributed by atoms with Gasteiger partial charge in [-0.3, -0.25) is 4.79 Å². The quantitative estimate of drug-likeness (QED) is 0.723. The van der Waals surface area contributed by atoms with E-state index in [2.05, 4.69) is 5.32 Å². The van der Waals surface area contributed by atoms with Gasteiger partial charge in [0.15, 0.2) is 0 Å². The molecule has 4 heteroatoms. The summed E-state index contributed by atoms with van der Waals surface area (Å²) in [5.74, 6) is -0.298. The second-order valence-corrected chi connectivity index (χ2v) is 2.94. The van der Waals surface area contributed by atoms with Crippen molar-refractivity contribution in [2.45, 2.75) is 13.0 Å². The third-order valence-electron chi connectivity index (χ3n) is 1.72. The summed E-state index contributed by atoms with van der Waals surface area (Å²) < 4.78 is 0.